The fourth-order valence-electron chi connectivity index (χ4n) is 5.75. The van der Waals surface area contributed by atoms with Crippen LogP contribution in [0, 0.1) is 40.3 Å². The van der Waals surface area contributed by atoms with Gasteiger partial charge in [-0.3, -0.25) is 14.5 Å². The van der Waals surface area contributed by atoms with E-state index >= 15 is 0 Å². The Morgan fingerprint density at radius 2 is 1.93 bits per heavy atom. The van der Waals surface area contributed by atoms with Gasteiger partial charge in [0, 0.05) is 56.1 Å². The molecule has 2 aliphatic rings. The van der Waals surface area contributed by atoms with Gasteiger partial charge in [0.2, 0.25) is 5.91 Å². The first-order valence-corrected chi connectivity index (χ1v) is 13.2. The first-order valence-electron chi connectivity index (χ1n) is 13.2. The molecule has 1 saturated carbocycles. The number of carbonyl (C=O) groups is 1. The number of nitrogens with zero attached hydrogens (tertiary/aromatic N) is 9. The van der Waals surface area contributed by atoms with E-state index in [0.717, 1.165) is 30.2 Å². The summed E-state index contributed by atoms with van der Waals surface area (Å²) in [6.45, 7) is 3.59. The number of hydrogen-bond acceptors (Lipinski definition) is 8. The highest BCUT2D eigenvalue weighted by Gasteiger charge is 2.41. The normalized spacial score (nSPS) is 20.6. The van der Waals surface area contributed by atoms with E-state index in [9.17, 15) is 19.7 Å². The highest BCUT2D eigenvalue weighted by Crippen LogP contribution is 2.40. The van der Waals surface area contributed by atoms with Crippen LogP contribution in [0.2, 0.25) is 0 Å². The van der Waals surface area contributed by atoms with E-state index in [1.807, 2.05) is 24.0 Å². The highest BCUT2D eigenvalue weighted by molar-refractivity contribution is 6.07. The Balaban J connectivity index is 1.43. The Hall–Kier alpha value is -4.90. The number of amides is 1. The van der Waals surface area contributed by atoms with Crippen molar-refractivity contribution in [1.29, 1.82) is 10.5 Å². The van der Waals surface area contributed by atoms with E-state index in [-0.39, 0.29) is 23.8 Å². The van der Waals surface area contributed by atoms with Gasteiger partial charge in [-0.2, -0.15) is 15.6 Å². The van der Waals surface area contributed by atoms with E-state index in [0.29, 0.717) is 53.3 Å². The molecular formula is C29H26FN9O. The van der Waals surface area contributed by atoms with Crippen molar-refractivity contribution in [3.8, 4) is 34.5 Å². The number of halogens is 1. The van der Waals surface area contributed by atoms with Gasteiger partial charge in [-0.15, -0.1) is 0 Å². The second-order valence-electron chi connectivity index (χ2n) is 10.4. The number of nitriles is 2. The molecule has 0 N–H and O–H groups in total. The smallest absolute Gasteiger partial charge is 0.227 e. The Morgan fingerprint density at radius 3 is 2.60 bits per heavy atom. The van der Waals surface area contributed by atoms with Crippen LogP contribution >= 0.6 is 0 Å². The quantitative estimate of drug-likeness (QED) is 0.387. The predicted octanol–water partition coefficient (Wildman–Crippen LogP) is 3.69. The number of benzene rings is 1. The predicted molar refractivity (Wildman–Crippen MR) is 145 cm³/mol. The van der Waals surface area contributed by atoms with E-state index in [1.54, 1.807) is 19.3 Å². The first kappa shape index (κ1) is 25.4. The molecule has 6 rings (SSSR count). The lowest BCUT2D eigenvalue weighted by Crippen LogP contribution is -2.57. The molecule has 4 heterocycles. The molecule has 1 aliphatic carbocycles. The lowest BCUT2D eigenvalue weighted by atomic mass is 9.73. The van der Waals surface area contributed by atoms with Crippen LogP contribution in [0.25, 0.3) is 33.3 Å². The second-order valence-corrected chi connectivity index (χ2v) is 10.4. The summed E-state index contributed by atoms with van der Waals surface area (Å²) in [6, 6.07) is 11.2. The standard InChI is InChI=1S/C29H26FN9O/c1-17-15-38(7-8-39(17)29(40)23-4-3-18(23)11-31)28-26-22(19-9-20(30)14-33-13-19)5-6-24(27(26)34-16-35-28)25-10-21(12-32)37(2)36-25/h5-6,9-10,13-14,16-18,23H,3-4,7-8,15H2,1-2H3. The fraction of sp³-hybridized carbons (Fsp3) is 0.345. The molecule has 10 nitrogen and oxygen atoms in total. The maximum absolute atomic E-state index is 14.3. The summed E-state index contributed by atoms with van der Waals surface area (Å²) in [4.78, 5) is 30.6. The Labute approximate surface area is 230 Å². The fourth-order valence-corrected chi connectivity index (χ4v) is 5.75. The number of aryl methyl sites for hydroxylation is 1. The average molecular weight is 536 g/mol. The zero-order chi connectivity index (χ0) is 28.0. The molecule has 1 saturated heterocycles. The molecule has 0 radical (unpaired) electrons. The number of piperazine rings is 1. The van der Waals surface area contributed by atoms with Crippen molar-refractivity contribution in [1.82, 2.24) is 29.6 Å². The van der Waals surface area contributed by atoms with Crippen LogP contribution in [-0.2, 0) is 11.8 Å². The largest absolute Gasteiger partial charge is 0.352 e. The molecular weight excluding hydrogens is 509 g/mol. The molecule has 0 spiro atoms. The molecule has 200 valence electrons. The zero-order valence-electron chi connectivity index (χ0n) is 22.1. The third-order valence-corrected chi connectivity index (χ3v) is 8.02. The van der Waals surface area contributed by atoms with Crippen molar-refractivity contribution in [2.75, 3.05) is 24.5 Å². The highest BCUT2D eigenvalue weighted by atomic mass is 19.1. The summed E-state index contributed by atoms with van der Waals surface area (Å²) in [6.07, 6.45) is 5.80. The summed E-state index contributed by atoms with van der Waals surface area (Å²) in [5.74, 6) is -0.151. The summed E-state index contributed by atoms with van der Waals surface area (Å²) < 4.78 is 15.8. The van der Waals surface area contributed by atoms with Crippen LogP contribution in [-0.4, -0.2) is 61.2 Å². The zero-order valence-corrected chi connectivity index (χ0v) is 22.1. The Bertz CT molecular complexity index is 1720. The number of hydrogen-bond donors (Lipinski definition) is 0. The van der Waals surface area contributed by atoms with Gasteiger partial charge in [0.05, 0.1) is 40.7 Å². The van der Waals surface area contributed by atoms with Crippen LogP contribution in [0.4, 0.5) is 10.2 Å². The Morgan fingerprint density at radius 1 is 1.10 bits per heavy atom. The van der Waals surface area contributed by atoms with Gasteiger partial charge in [0.15, 0.2) is 0 Å². The number of fused-ring (bicyclic) bond motifs is 1. The summed E-state index contributed by atoms with van der Waals surface area (Å²) in [5, 5.41) is 24.0. The third kappa shape index (κ3) is 4.20. The number of rotatable bonds is 4. The monoisotopic (exact) mass is 535 g/mol. The molecule has 3 aromatic heterocycles. The average Bonchev–Trinajstić information content (AvgIpc) is 3.31. The van der Waals surface area contributed by atoms with Crippen LogP contribution in [0.15, 0.2) is 43.0 Å². The van der Waals surface area contributed by atoms with Crippen LogP contribution in [0.3, 0.4) is 0 Å². The lowest BCUT2D eigenvalue weighted by molar-refractivity contribution is -0.142. The summed E-state index contributed by atoms with van der Waals surface area (Å²) in [5.41, 5.74) is 3.64. The van der Waals surface area contributed by atoms with Crippen LogP contribution in [0.1, 0.15) is 25.5 Å². The van der Waals surface area contributed by atoms with E-state index < -0.39 is 5.82 Å². The minimum Gasteiger partial charge on any atom is -0.352 e. The topological polar surface area (TPSA) is 128 Å². The van der Waals surface area contributed by atoms with Crippen molar-refractivity contribution >= 4 is 22.6 Å². The van der Waals surface area contributed by atoms with Crippen molar-refractivity contribution in [2.24, 2.45) is 18.9 Å². The minimum absolute atomic E-state index is 0.0507. The molecule has 2 fully saturated rings. The van der Waals surface area contributed by atoms with E-state index in [2.05, 4.69) is 37.1 Å². The molecule has 40 heavy (non-hydrogen) atoms. The molecule has 11 heteroatoms. The number of pyridine rings is 1. The molecule has 1 aliphatic heterocycles. The van der Waals surface area contributed by atoms with Crippen molar-refractivity contribution in [3.63, 3.8) is 0 Å². The van der Waals surface area contributed by atoms with Gasteiger partial charge in [0.25, 0.3) is 0 Å². The number of aromatic nitrogens is 5. The summed E-state index contributed by atoms with van der Waals surface area (Å²) in [7, 11) is 1.71. The molecule has 1 amide bonds. The van der Waals surface area contributed by atoms with Gasteiger partial charge in [0.1, 0.15) is 29.7 Å². The van der Waals surface area contributed by atoms with Gasteiger partial charge in [-0.1, -0.05) is 6.07 Å². The first-order chi connectivity index (χ1) is 19.4. The molecule has 0 bridgehead atoms. The van der Waals surface area contributed by atoms with E-state index in [4.69, 9.17) is 0 Å². The maximum atomic E-state index is 14.3. The third-order valence-electron chi connectivity index (χ3n) is 8.02. The van der Waals surface area contributed by atoms with Gasteiger partial charge in [-0.05, 0) is 37.5 Å². The van der Waals surface area contributed by atoms with Crippen molar-refractivity contribution < 1.29 is 9.18 Å². The molecule has 4 aromatic rings. The van der Waals surface area contributed by atoms with Crippen molar-refractivity contribution in [3.05, 3.63) is 54.5 Å². The SMILES string of the molecule is CC1CN(c2ncnc3c(-c4cc(C#N)n(C)n4)ccc(-c4cncc(F)c4)c23)CCN1C(=O)C1CCC1C#N. The van der Waals surface area contributed by atoms with E-state index in [1.165, 1.54) is 17.1 Å². The molecule has 1 aromatic carbocycles. The minimum atomic E-state index is -0.455. The number of anilines is 1. The maximum Gasteiger partial charge on any atom is 0.227 e. The summed E-state index contributed by atoms with van der Waals surface area (Å²) >= 11 is 0. The van der Waals surface area contributed by atoms with Gasteiger partial charge >= 0.3 is 0 Å². The van der Waals surface area contributed by atoms with Gasteiger partial charge < -0.3 is 9.80 Å². The van der Waals surface area contributed by atoms with Crippen molar-refractivity contribution in [2.45, 2.75) is 25.8 Å². The van der Waals surface area contributed by atoms with Crippen LogP contribution < -0.4 is 4.90 Å². The van der Waals surface area contributed by atoms with Crippen LogP contribution in [0.5, 0.6) is 0 Å². The molecule has 3 unspecified atom stereocenters. The molecule has 3 atom stereocenters. The number of carbonyl (C=O) groups excluding carboxylic acids is 1. The second kappa shape index (κ2) is 10.0. The van der Waals surface area contributed by atoms with Gasteiger partial charge in [-0.25, -0.2) is 14.4 Å². The lowest BCUT2D eigenvalue weighted by Gasteiger charge is -2.44. The Kier molecular flexibility index (Phi) is 6.35.